The van der Waals surface area contributed by atoms with Gasteiger partial charge in [-0.3, -0.25) is 0 Å². The van der Waals surface area contributed by atoms with Crippen molar-refractivity contribution in [3.63, 3.8) is 0 Å². The van der Waals surface area contributed by atoms with E-state index in [-0.39, 0.29) is 11.2 Å². The lowest BCUT2D eigenvalue weighted by molar-refractivity contribution is 0.334. The number of alkyl halides is 1. The molecule has 1 aromatic carbocycles. The molecule has 0 radical (unpaired) electrons. The van der Waals surface area contributed by atoms with Gasteiger partial charge in [0.1, 0.15) is 5.82 Å². The Labute approximate surface area is 118 Å². The van der Waals surface area contributed by atoms with E-state index in [1.807, 2.05) is 0 Å². The molecule has 1 unspecified atom stereocenters. The molecule has 0 saturated heterocycles. The molecule has 1 aromatic rings. The van der Waals surface area contributed by atoms with Gasteiger partial charge in [-0.25, -0.2) is 4.39 Å². The molecular formula is C15H19Cl2F. The van der Waals surface area contributed by atoms with E-state index in [0.717, 1.165) is 6.42 Å². The first-order valence-corrected chi connectivity index (χ1v) is 7.55. The van der Waals surface area contributed by atoms with Crippen LogP contribution in [0.4, 0.5) is 4.39 Å². The second kappa shape index (κ2) is 6.77. The third-order valence-corrected chi connectivity index (χ3v) is 4.49. The van der Waals surface area contributed by atoms with Crippen molar-refractivity contribution < 1.29 is 4.39 Å². The Kier molecular flexibility index (Phi) is 5.32. The highest BCUT2D eigenvalue weighted by molar-refractivity contribution is 6.31. The third kappa shape index (κ3) is 3.86. The van der Waals surface area contributed by atoms with Crippen LogP contribution in [0.2, 0.25) is 5.02 Å². The predicted octanol–water partition coefficient (Wildman–Crippen LogP) is 5.60. The Morgan fingerprint density at radius 2 is 1.94 bits per heavy atom. The van der Waals surface area contributed by atoms with Crippen LogP contribution >= 0.6 is 23.2 Å². The largest absolute Gasteiger partial charge is 0.207 e. The van der Waals surface area contributed by atoms with Gasteiger partial charge in [0.05, 0.1) is 0 Å². The van der Waals surface area contributed by atoms with Gasteiger partial charge in [-0.15, -0.1) is 11.6 Å². The quantitative estimate of drug-likeness (QED) is 0.633. The van der Waals surface area contributed by atoms with Gasteiger partial charge in [-0.05, 0) is 30.9 Å². The van der Waals surface area contributed by atoms with Gasteiger partial charge in [0.2, 0.25) is 0 Å². The molecule has 0 aliphatic heterocycles. The first kappa shape index (κ1) is 14.1. The van der Waals surface area contributed by atoms with Crippen LogP contribution < -0.4 is 0 Å². The fourth-order valence-corrected chi connectivity index (χ4v) is 3.46. The normalized spacial score (nSPS) is 18.8. The highest BCUT2D eigenvalue weighted by Gasteiger charge is 2.19. The molecular weight excluding hydrogens is 270 g/mol. The summed E-state index contributed by atoms with van der Waals surface area (Å²) in [5.41, 5.74) is 0.565. The molecule has 0 aromatic heterocycles. The van der Waals surface area contributed by atoms with E-state index in [1.165, 1.54) is 38.2 Å². The van der Waals surface area contributed by atoms with E-state index in [9.17, 15) is 4.39 Å². The minimum absolute atomic E-state index is 0.0116. The van der Waals surface area contributed by atoms with Crippen molar-refractivity contribution in [2.75, 3.05) is 0 Å². The van der Waals surface area contributed by atoms with Gasteiger partial charge in [0.25, 0.3) is 0 Å². The summed E-state index contributed by atoms with van der Waals surface area (Å²) in [6.45, 7) is 0. The molecule has 2 rings (SSSR count). The number of hydrogen-bond donors (Lipinski definition) is 0. The van der Waals surface area contributed by atoms with Crippen molar-refractivity contribution >= 4 is 23.2 Å². The monoisotopic (exact) mass is 288 g/mol. The van der Waals surface area contributed by atoms with E-state index in [0.29, 0.717) is 22.9 Å². The van der Waals surface area contributed by atoms with Crippen LogP contribution in [0.5, 0.6) is 0 Å². The lowest BCUT2D eigenvalue weighted by atomic mass is 9.85. The molecule has 100 valence electrons. The highest BCUT2D eigenvalue weighted by atomic mass is 35.5. The van der Waals surface area contributed by atoms with Gasteiger partial charge in [0, 0.05) is 16.0 Å². The lowest BCUT2D eigenvalue weighted by Crippen LogP contribution is -2.15. The summed E-state index contributed by atoms with van der Waals surface area (Å²) in [5.74, 6) is 0.476. The van der Waals surface area contributed by atoms with Crippen LogP contribution in [0.15, 0.2) is 18.2 Å². The van der Waals surface area contributed by atoms with Crippen molar-refractivity contribution in [3.8, 4) is 0 Å². The molecule has 0 bridgehead atoms. The topological polar surface area (TPSA) is 0 Å². The van der Waals surface area contributed by atoms with Crippen LogP contribution in [-0.4, -0.2) is 5.38 Å². The van der Waals surface area contributed by atoms with Crippen molar-refractivity contribution in [2.24, 2.45) is 5.92 Å². The lowest BCUT2D eigenvalue weighted by Gasteiger charge is -2.23. The fourth-order valence-electron chi connectivity index (χ4n) is 2.82. The van der Waals surface area contributed by atoms with Crippen LogP contribution in [0.1, 0.15) is 44.1 Å². The van der Waals surface area contributed by atoms with Gasteiger partial charge in [0.15, 0.2) is 0 Å². The Bertz CT molecular complexity index is 366. The van der Waals surface area contributed by atoms with Crippen molar-refractivity contribution in [3.05, 3.63) is 34.6 Å². The number of benzene rings is 1. The summed E-state index contributed by atoms with van der Waals surface area (Å²) >= 11 is 12.4. The highest BCUT2D eigenvalue weighted by Crippen LogP contribution is 2.31. The van der Waals surface area contributed by atoms with Crippen LogP contribution in [0.3, 0.4) is 0 Å². The van der Waals surface area contributed by atoms with Crippen LogP contribution in [0.25, 0.3) is 0 Å². The summed E-state index contributed by atoms with van der Waals surface area (Å²) in [6.07, 6.45) is 8.03. The molecule has 1 fully saturated rings. The second-order valence-electron chi connectivity index (χ2n) is 5.24. The number of halogens is 3. The summed E-state index contributed by atoms with van der Waals surface area (Å²) in [4.78, 5) is 0. The maximum absolute atomic E-state index is 13.6. The van der Waals surface area contributed by atoms with Gasteiger partial charge in [-0.2, -0.15) is 0 Å². The smallest absolute Gasteiger partial charge is 0.127 e. The molecule has 1 aliphatic carbocycles. The van der Waals surface area contributed by atoms with E-state index in [1.54, 1.807) is 12.1 Å². The van der Waals surface area contributed by atoms with E-state index in [2.05, 4.69) is 0 Å². The summed E-state index contributed by atoms with van der Waals surface area (Å²) in [6, 6.07) is 4.81. The minimum Gasteiger partial charge on any atom is -0.207 e. The van der Waals surface area contributed by atoms with Crippen molar-refractivity contribution in [1.82, 2.24) is 0 Å². The van der Waals surface area contributed by atoms with E-state index in [4.69, 9.17) is 23.2 Å². The Hall–Kier alpha value is -0.270. The SMILES string of the molecule is Fc1cccc(Cl)c1CC(Cl)CC1CCCCC1. The third-order valence-electron chi connectivity index (χ3n) is 3.80. The maximum atomic E-state index is 13.6. The molecule has 0 amide bonds. The summed E-state index contributed by atoms with van der Waals surface area (Å²) < 4.78 is 13.6. The maximum Gasteiger partial charge on any atom is 0.127 e. The standard InChI is InChI=1S/C15H19Cl2F/c16-12(9-11-5-2-1-3-6-11)10-13-14(17)7-4-8-15(13)18/h4,7-8,11-12H,1-3,5-6,9-10H2. The van der Waals surface area contributed by atoms with Crippen LogP contribution in [-0.2, 0) is 6.42 Å². The number of rotatable bonds is 4. The van der Waals surface area contributed by atoms with Crippen molar-refractivity contribution in [2.45, 2.75) is 50.3 Å². The molecule has 0 heterocycles. The number of hydrogen-bond acceptors (Lipinski definition) is 0. The first-order chi connectivity index (χ1) is 8.66. The van der Waals surface area contributed by atoms with Gasteiger partial charge in [-0.1, -0.05) is 49.8 Å². The summed E-state index contributed by atoms with van der Waals surface area (Å²) in [7, 11) is 0. The zero-order chi connectivity index (χ0) is 13.0. The van der Waals surface area contributed by atoms with Gasteiger partial charge >= 0.3 is 0 Å². The molecule has 0 N–H and O–H groups in total. The molecule has 1 saturated carbocycles. The molecule has 1 atom stereocenters. The second-order valence-corrected chi connectivity index (χ2v) is 6.27. The molecule has 0 nitrogen and oxygen atoms in total. The Morgan fingerprint density at radius 3 is 2.61 bits per heavy atom. The van der Waals surface area contributed by atoms with Crippen molar-refractivity contribution in [1.29, 1.82) is 0 Å². The molecule has 0 spiro atoms. The summed E-state index contributed by atoms with van der Waals surface area (Å²) in [5, 5.41) is 0.479. The van der Waals surface area contributed by atoms with E-state index >= 15 is 0 Å². The fraction of sp³-hybridized carbons (Fsp3) is 0.600. The molecule has 1 aliphatic rings. The Morgan fingerprint density at radius 1 is 1.22 bits per heavy atom. The molecule has 3 heteroatoms. The van der Waals surface area contributed by atoms with Crippen LogP contribution in [0, 0.1) is 11.7 Å². The minimum atomic E-state index is -0.239. The van der Waals surface area contributed by atoms with Gasteiger partial charge < -0.3 is 0 Å². The Balaban J connectivity index is 1.92. The average Bonchev–Trinajstić information content (AvgIpc) is 2.35. The molecule has 18 heavy (non-hydrogen) atoms. The first-order valence-electron chi connectivity index (χ1n) is 6.73. The average molecular weight is 289 g/mol. The zero-order valence-electron chi connectivity index (χ0n) is 10.5. The zero-order valence-corrected chi connectivity index (χ0v) is 12.0. The van der Waals surface area contributed by atoms with E-state index < -0.39 is 0 Å². The predicted molar refractivity (Wildman–Crippen MR) is 75.9 cm³/mol.